The maximum absolute atomic E-state index is 13.0. The van der Waals surface area contributed by atoms with E-state index in [9.17, 15) is 9.50 Å². The summed E-state index contributed by atoms with van der Waals surface area (Å²) in [6.07, 6.45) is 0.855. The lowest BCUT2D eigenvalue weighted by Crippen LogP contribution is -2.31. The molecule has 2 aromatic rings. The second kappa shape index (κ2) is 11.4. The zero-order valence-corrected chi connectivity index (χ0v) is 17.2. The van der Waals surface area contributed by atoms with E-state index in [1.54, 1.807) is 19.2 Å². The van der Waals surface area contributed by atoms with E-state index < -0.39 is 0 Å². The summed E-state index contributed by atoms with van der Waals surface area (Å²) in [5.74, 6) is 0.947. The molecular formula is C19H24BrClFNO3. The summed E-state index contributed by atoms with van der Waals surface area (Å²) in [5.41, 5.74) is 1.89. The Bertz CT molecular complexity index is 681. The van der Waals surface area contributed by atoms with Crippen LogP contribution >= 0.6 is 28.3 Å². The van der Waals surface area contributed by atoms with Crippen LogP contribution in [0.25, 0.3) is 0 Å². The molecule has 0 aliphatic carbocycles. The second-order valence-corrected chi connectivity index (χ2v) is 6.55. The summed E-state index contributed by atoms with van der Waals surface area (Å²) in [6.45, 7) is 3.06. The van der Waals surface area contributed by atoms with Gasteiger partial charge < -0.3 is 19.9 Å². The van der Waals surface area contributed by atoms with Crippen molar-refractivity contribution in [2.75, 3.05) is 13.7 Å². The van der Waals surface area contributed by atoms with Crippen LogP contribution in [0.15, 0.2) is 40.9 Å². The van der Waals surface area contributed by atoms with Crippen molar-refractivity contribution < 1.29 is 19.0 Å². The van der Waals surface area contributed by atoms with Crippen LogP contribution in [-0.4, -0.2) is 24.9 Å². The highest BCUT2D eigenvalue weighted by Crippen LogP contribution is 2.37. The van der Waals surface area contributed by atoms with Crippen LogP contribution < -0.4 is 14.8 Å². The molecule has 1 atom stereocenters. The van der Waals surface area contributed by atoms with E-state index in [0.717, 1.165) is 22.0 Å². The molecule has 0 amide bonds. The van der Waals surface area contributed by atoms with Gasteiger partial charge in [-0.3, -0.25) is 0 Å². The minimum atomic E-state index is -0.271. The number of aliphatic hydroxyl groups excluding tert-OH is 1. The van der Waals surface area contributed by atoms with Crippen molar-refractivity contribution in [1.82, 2.24) is 5.32 Å². The fourth-order valence-corrected chi connectivity index (χ4v) is 2.96. The van der Waals surface area contributed by atoms with E-state index in [2.05, 4.69) is 21.2 Å². The fraction of sp³-hybridized carbons (Fsp3) is 0.368. The molecule has 0 bridgehead atoms. The molecule has 0 aliphatic heterocycles. The predicted octanol–water partition coefficient (Wildman–Crippen LogP) is 4.46. The van der Waals surface area contributed by atoms with Crippen LogP contribution in [0.3, 0.4) is 0 Å². The van der Waals surface area contributed by atoms with E-state index >= 15 is 0 Å². The molecule has 7 heteroatoms. The first-order chi connectivity index (χ1) is 12.1. The third kappa shape index (κ3) is 6.43. The lowest BCUT2D eigenvalue weighted by molar-refractivity contribution is 0.238. The Morgan fingerprint density at radius 2 is 1.88 bits per heavy atom. The van der Waals surface area contributed by atoms with Gasteiger partial charge in [0.1, 0.15) is 12.4 Å². The molecule has 2 rings (SSSR count). The van der Waals surface area contributed by atoms with Gasteiger partial charge in [0.25, 0.3) is 0 Å². The van der Waals surface area contributed by atoms with Gasteiger partial charge in [-0.2, -0.15) is 0 Å². The summed E-state index contributed by atoms with van der Waals surface area (Å²) >= 11 is 3.52. The largest absolute Gasteiger partial charge is 0.493 e. The van der Waals surface area contributed by atoms with Crippen molar-refractivity contribution in [2.24, 2.45) is 0 Å². The minimum Gasteiger partial charge on any atom is -0.493 e. The molecule has 0 heterocycles. The van der Waals surface area contributed by atoms with Crippen molar-refractivity contribution >= 4 is 28.3 Å². The Morgan fingerprint density at radius 1 is 1.19 bits per heavy atom. The summed E-state index contributed by atoms with van der Waals surface area (Å²) in [4.78, 5) is 0. The maximum Gasteiger partial charge on any atom is 0.175 e. The average molecular weight is 449 g/mol. The van der Waals surface area contributed by atoms with Gasteiger partial charge in [0, 0.05) is 12.6 Å². The number of methoxy groups -OCH3 is 1. The monoisotopic (exact) mass is 447 g/mol. The van der Waals surface area contributed by atoms with Crippen molar-refractivity contribution in [1.29, 1.82) is 0 Å². The summed E-state index contributed by atoms with van der Waals surface area (Å²) in [5, 5.41) is 12.6. The summed E-state index contributed by atoms with van der Waals surface area (Å²) < 4.78 is 25.0. The van der Waals surface area contributed by atoms with E-state index in [-0.39, 0.29) is 30.9 Å². The first-order valence-corrected chi connectivity index (χ1v) is 8.94. The van der Waals surface area contributed by atoms with Gasteiger partial charge in [0.2, 0.25) is 0 Å². The van der Waals surface area contributed by atoms with Crippen LogP contribution in [0.2, 0.25) is 0 Å². The topological polar surface area (TPSA) is 50.7 Å². The first-order valence-electron chi connectivity index (χ1n) is 8.15. The molecule has 26 heavy (non-hydrogen) atoms. The third-order valence-corrected chi connectivity index (χ3v) is 4.48. The number of benzene rings is 2. The van der Waals surface area contributed by atoms with Gasteiger partial charge in [-0.25, -0.2) is 4.39 Å². The molecule has 144 valence electrons. The number of rotatable bonds is 9. The van der Waals surface area contributed by atoms with Gasteiger partial charge in [-0.05, 0) is 57.7 Å². The highest BCUT2D eigenvalue weighted by molar-refractivity contribution is 9.10. The van der Waals surface area contributed by atoms with Crippen LogP contribution in [-0.2, 0) is 13.2 Å². The molecule has 0 saturated heterocycles. The second-order valence-electron chi connectivity index (χ2n) is 5.69. The zero-order chi connectivity index (χ0) is 18.2. The standard InChI is InChI=1S/C19H23BrFNO3.ClH/c1-3-16(11-23)22-10-14-8-17(20)19(18(9-14)24-2)25-12-13-4-6-15(21)7-5-13;/h4-9,16,22-23H,3,10-12H2,1-2H3;1H. The van der Waals surface area contributed by atoms with Crippen molar-refractivity contribution in [3.63, 3.8) is 0 Å². The molecule has 0 fully saturated rings. The SMILES string of the molecule is CCC(CO)NCc1cc(Br)c(OCc2ccc(F)cc2)c(OC)c1.Cl. The Kier molecular flexibility index (Phi) is 9.94. The van der Waals surface area contributed by atoms with E-state index in [4.69, 9.17) is 9.47 Å². The van der Waals surface area contributed by atoms with Gasteiger partial charge in [-0.15, -0.1) is 12.4 Å². The smallest absolute Gasteiger partial charge is 0.175 e. The Balaban J connectivity index is 0.00000338. The van der Waals surface area contributed by atoms with Crippen molar-refractivity contribution in [3.8, 4) is 11.5 Å². The van der Waals surface area contributed by atoms with Crippen LogP contribution in [0.1, 0.15) is 24.5 Å². The molecule has 4 nitrogen and oxygen atoms in total. The molecular weight excluding hydrogens is 425 g/mol. The number of hydrogen-bond acceptors (Lipinski definition) is 4. The van der Waals surface area contributed by atoms with Crippen LogP contribution in [0, 0.1) is 5.82 Å². The quantitative estimate of drug-likeness (QED) is 0.595. The average Bonchev–Trinajstić information content (AvgIpc) is 2.62. The van der Waals surface area contributed by atoms with Gasteiger partial charge in [0.05, 0.1) is 18.2 Å². The molecule has 2 N–H and O–H groups in total. The fourth-order valence-electron chi connectivity index (χ4n) is 2.35. The predicted molar refractivity (Wildman–Crippen MR) is 107 cm³/mol. The number of halogens is 3. The van der Waals surface area contributed by atoms with Crippen molar-refractivity contribution in [2.45, 2.75) is 32.5 Å². The highest BCUT2D eigenvalue weighted by Gasteiger charge is 2.13. The summed E-state index contributed by atoms with van der Waals surface area (Å²) in [6, 6.07) is 10.1. The molecule has 0 aromatic heterocycles. The number of nitrogens with one attached hydrogen (secondary N) is 1. The molecule has 0 radical (unpaired) electrons. The molecule has 0 saturated carbocycles. The molecule has 0 spiro atoms. The van der Waals surface area contributed by atoms with E-state index in [1.807, 2.05) is 19.1 Å². The summed E-state index contributed by atoms with van der Waals surface area (Å²) in [7, 11) is 1.59. The van der Waals surface area contributed by atoms with Gasteiger partial charge >= 0.3 is 0 Å². The zero-order valence-electron chi connectivity index (χ0n) is 14.8. The highest BCUT2D eigenvalue weighted by atomic mass is 79.9. The number of aliphatic hydroxyl groups is 1. The van der Waals surface area contributed by atoms with Crippen LogP contribution in [0.4, 0.5) is 4.39 Å². The normalized spacial score (nSPS) is 11.6. The molecule has 2 aromatic carbocycles. The molecule has 1 unspecified atom stereocenters. The Labute approximate surface area is 168 Å². The van der Waals surface area contributed by atoms with E-state index in [1.165, 1.54) is 12.1 Å². The third-order valence-electron chi connectivity index (χ3n) is 3.89. The minimum absolute atomic E-state index is 0. The van der Waals surface area contributed by atoms with Crippen molar-refractivity contribution in [3.05, 3.63) is 57.8 Å². The number of ether oxygens (including phenoxy) is 2. The van der Waals surface area contributed by atoms with Gasteiger partial charge in [0.15, 0.2) is 11.5 Å². The van der Waals surface area contributed by atoms with Crippen LogP contribution in [0.5, 0.6) is 11.5 Å². The Hall–Kier alpha value is -1.34. The maximum atomic E-state index is 13.0. The lowest BCUT2D eigenvalue weighted by Gasteiger charge is -2.17. The lowest BCUT2D eigenvalue weighted by atomic mass is 10.1. The number of hydrogen-bond donors (Lipinski definition) is 2. The molecule has 0 aliphatic rings. The van der Waals surface area contributed by atoms with Gasteiger partial charge in [-0.1, -0.05) is 19.1 Å². The first kappa shape index (κ1) is 22.7. The Morgan fingerprint density at radius 3 is 2.46 bits per heavy atom. The van der Waals surface area contributed by atoms with E-state index in [0.29, 0.717) is 24.7 Å².